The second-order valence-electron chi connectivity index (χ2n) is 9.81. The van der Waals surface area contributed by atoms with E-state index in [-0.39, 0.29) is 6.61 Å². The van der Waals surface area contributed by atoms with Crippen LogP contribution in [0.1, 0.15) is 49.3 Å². The Morgan fingerprint density at radius 3 is 2.70 bits per heavy atom. The van der Waals surface area contributed by atoms with Gasteiger partial charge in [0, 0.05) is 34.6 Å². The first-order valence-corrected chi connectivity index (χ1v) is 11.5. The van der Waals surface area contributed by atoms with Crippen molar-refractivity contribution >= 4 is 21.8 Å². The van der Waals surface area contributed by atoms with Gasteiger partial charge in [-0.05, 0) is 87.2 Å². The van der Waals surface area contributed by atoms with E-state index in [1.165, 1.54) is 5.56 Å². The molecule has 0 amide bonds. The summed E-state index contributed by atoms with van der Waals surface area (Å²) >= 11 is 0. The highest BCUT2D eigenvalue weighted by molar-refractivity contribution is 6.07. The molecule has 0 radical (unpaired) electrons. The van der Waals surface area contributed by atoms with Gasteiger partial charge in [-0.25, -0.2) is 0 Å². The van der Waals surface area contributed by atoms with Crippen LogP contribution in [0.25, 0.3) is 32.9 Å². The lowest BCUT2D eigenvalue weighted by Gasteiger charge is -2.30. The first kappa shape index (κ1) is 21.8. The van der Waals surface area contributed by atoms with E-state index in [9.17, 15) is 5.11 Å². The summed E-state index contributed by atoms with van der Waals surface area (Å²) in [4.78, 5) is 9.63. The van der Waals surface area contributed by atoms with Crippen LogP contribution < -0.4 is 4.74 Å². The van der Waals surface area contributed by atoms with Gasteiger partial charge in [-0.2, -0.15) is 0 Å². The smallest absolute Gasteiger partial charge is 0.129 e. The van der Waals surface area contributed by atoms with Crippen LogP contribution in [0.2, 0.25) is 0 Å². The Bertz CT molecular complexity index is 1360. The Morgan fingerprint density at radius 2 is 1.94 bits per heavy atom. The molecule has 2 aromatic heterocycles. The van der Waals surface area contributed by atoms with Crippen LogP contribution in [0.4, 0.5) is 0 Å². The maximum absolute atomic E-state index is 10.4. The second-order valence-corrected chi connectivity index (χ2v) is 9.81. The zero-order valence-electron chi connectivity index (χ0n) is 19.9. The van der Waals surface area contributed by atoms with Gasteiger partial charge in [0.15, 0.2) is 0 Å². The number of hydrogen-bond donors (Lipinski definition) is 1. The number of ether oxygens (including phenoxy) is 2. The summed E-state index contributed by atoms with van der Waals surface area (Å²) in [5, 5.41) is 12.5. The molecule has 170 valence electrons. The number of aromatic nitrogens is 2. The second kappa shape index (κ2) is 8.08. The zero-order chi connectivity index (χ0) is 23.3. The summed E-state index contributed by atoms with van der Waals surface area (Å²) in [6.07, 6.45) is 2.27. The van der Waals surface area contributed by atoms with Crippen molar-refractivity contribution in [1.82, 2.24) is 9.97 Å². The van der Waals surface area contributed by atoms with Crippen molar-refractivity contribution in [3.05, 3.63) is 65.0 Å². The topological polar surface area (TPSA) is 64.5 Å². The number of benzene rings is 2. The first-order chi connectivity index (χ1) is 15.8. The number of aryl methyl sites for hydroxylation is 2. The molecule has 0 aliphatic carbocycles. The minimum absolute atomic E-state index is 0.117. The monoisotopic (exact) mass is 442 g/mol. The van der Waals surface area contributed by atoms with Crippen molar-refractivity contribution < 1.29 is 14.6 Å². The summed E-state index contributed by atoms with van der Waals surface area (Å²) in [6.45, 7) is 10.7. The van der Waals surface area contributed by atoms with Crippen LogP contribution in [0.3, 0.4) is 0 Å². The molecule has 33 heavy (non-hydrogen) atoms. The van der Waals surface area contributed by atoms with E-state index < -0.39 is 11.7 Å². The van der Waals surface area contributed by atoms with Crippen LogP contribution in [-0.2, 0) is 11.2 Å². The van der Waals surface area contributed by atoms with E-state index >= 15 is 0 Å². The van der Waals surface area contributed by atoms with Crippen LogP contribution in [0, 0.1) is 13.8 Å². The van der Waals surface area contributed by atoms with E-state index in [1.807, 2.05) is 46.0 Å². The summed E-state index contributed by atoms with van der Waals surface area (Å²) in [7, 11) is 0. The van der Waals surface area contributed by atoms with Crippen molar-refractivity contribution in [3.63, 3.8) is 0 Å². The van der Waals surface area contributed by atoms with E-state index in [2.05, 4.69) is 31.2 Å². The highest BCUT2D eigenvalue weighted by Gasteiger charge is 2.28. The molecule has 0 saturated heterocycles. The van der Waals surface area contributed by atoms with Crippen molar-refractivity contribution in [2.45, 2.75) is 52.7 Å². The average Bonchev–Trinajstić information content (AvgIpc) is 2.77. The van der Waals surface area contributed by atoms with Gasteiger partial charge < -0.3 is 14.6 Å². The maximum Gasteiger partial charge on any atom is 0.129 e. The molecule has 0 fully saturated rings. The number of rotatable bonds is 4. The van der Waals surface area contributed by atoms with Gasteiger partial charge in [-0.1, -0.05) is 6.07 Å². The molecule has 1 N–H and O–H groups in total. The lowest BCUT2D eigenvalue weighted by atomic mass is 9.86. The fourth-order valence-corrected chi connectivity index (χ4v) is 4.95. The third-order valence-electron chi connectivity index (χ3n) is 6.20. The maximum atomic E-state index is 10.4. The Hall–Kier alpha value is -3.02. The molecule has 5 nitrogen and oxygen atoms in total. The molecule has 0 bridgehead atoms. The van der Waals surface area contributed by atoms with Crippen LogP contribution >= 0.6 is 0 Å². The van der Waals surface area contributed by atoms with Crippen molar-refractivity contribution in [1.29, 1.82) is 0 Å². The van der Waals surface area contributed by atoms with Gasteiger partial charge in [0.25, 0.3) is 0 Å². The molecule has 4 aromatic rings. The van der Waals surface area contributed by atoms with Gasteiger partial charge >= 0.3 is 0 Å². The lowest BCUT2D eigenvalue weighted by molar-refractivity contribution is -0.0821. The largest absolute Gasteiger partial charge is 0.493 e. The first-order valence-electron chi connectivity index (χ1n) is 11.5. The average molecular weight is 443 g/mol. The molecular formula is C28H30N2O3. The van der Waals surface area contributed by atoms with E-state index in [1.54, 1.807) is 0 Å². The molecule has 2 aromatic carbocycles. The zero-order valence-corrected chi connectivity index (χ0v) is 19.9. The Labute approximate surface area is 194 Å². The standard InChI is InChI=1S/C28H30N2O3/c1-16-14-21-19(7-6-17(2)30-21)26(24(16)23(15-31)33-28(3,4)5)20-8-9-22-25-18(11-13-32-22)10-12-29-27(20)25/h6-10,12,14,23,31H,11,13,15H2,1-5H3. The number of pyridine rings is 2. The highest BCUT2D eigenvalue weighted by Crippen LogP contribution is 2.44. The highest BCUT2D eigenvalue weighted by atomic mass is 16.5. The fourth-order valence-electron chi connectivity index (χ4n) is 4.95. The van der Waals surface area contributed by atoms with E-state index in [4.69, 9.17) is 19.4 Å². The van der Waals surface area contributed by atoms with Crippen molar-refractivity contribution in [3.8, 4) is 16.9 Å². The SMILES string of the molecule is Cc1ccc2c(-c3ccc4c5c(ccnc35)CCO4)c(C(CO)OC(C)(C)C)c(C)cc2n1. The minimum atomic E-state index is -0.479. The Morgan fingerprint density at radius 1 is 1.12 bits per heavy atom. The predicted octanol–water partition coefficient (Wildman–Crippen LogP) is 5.85. The molecule has 0 spiro atoms. The molecule has 1 unspecified atom stereocenters. The molecule has 1 atom stereocenters. The van der Waals surface area contributed by atoms with E-state index in [0.29, 0.717) is 6.61 Å². The molecular weight excluding hydrogens is 412 g/mol. The summed E-state index contributed by atoms with van der Waals surface area (Å²) in [5.74, 6) is 0.875. The van der Waals surface area contributed by atoms with Crippen molar-refractivity contribution in [2.24, 2.45) is 0 Å². The summed E-state index contributed by atoms with van der Waals surface area (Å²) in [6, 6.07) is 12.5. The number of aliphatic hydroxyl groups is 1. The number of nitrogens with zero attached hydrogens (tertiary/aromatic N) is 2. The van der Waals surface area contributed by atoms with Crippen LogP contribution in [0.5, 0.6) is 5.75 Å². The van der Waals surface area contributed by atoms with Gasteiger partial charge in [0.1, 0.15) is 11.9 Å². The Kier molecular flexibility index (Phi) is 5.34. The fraction of sp³-hybridized carbons (Fsp3) is 0.357. The quantitative estimate of drug-likeness (QED) is 0.429. The third-order valence-corrected chi connectivity index (χ3v) is 6.20. The van der Waals surface area contributed by atoms with Gasteiger partial charge in [0.05, 0.1) is 29.8 Å². The van der Waals surface area contributed by atoms with Gasteiger partial charge in [-0.15, -0.1) is 0 Å². The normalized spacial score (nSPS) is 14.5. The van der Waals surface area contributed by atoms with Gasteiger partial charge in [-0.3, -0.25) is 9.97 Å². The van der Waals surface area contributed by atoms with Crippen molar-refractivity contribution in [2.75, 3.05) is 13.2 Å². The van der Waals surface area contributed by atoms with E-state index in [0.717, 1.165) is 61.9 Å². The van der Waals surface area contributed by atoms with Gasteiger partial charge in [0.2, 0.25) is 0 Å². The number of hydrogen-bond acceptors (Lipinski definition) is 5. The Balaban J connectivity index is 1.89. The molecule has 5 heteroatoms. The molecule has 1 aliphatic heterocycles. The van der Waals surface area contributed by atoms with Crippen LogP contribution in [-0.4, -0.2) is 33.9 Å². The third kappa shape index (κ3) is 3.85. The molecule has 0 saturated carbocycles. The predicted molar refractivity (Wildman–Crippen MR) is 132 cm³/mol. The molecule has 5 rings (SSSR count). The number of fused-ring (bicyclic) bond motifs is 1. The molecule has 3 heterocycles. The number of aliphatic hydroxyl groups excluding tert-OH is 1. The van der Waals surface area contributed by atoms with Crippen LogP contribution in [0.15, 0.2) is 42.6 Å². The minimum Gasteiger partial charge on any atom is -0.493 e. The summed E-state index contributed by atoms with van der Waals surface area (Å²) in [5.41, 5.74) is 7.67. The lowest BCUT2D eigenvalue weighted by Crippen LogP contribution is -2.25. The molecule has 1 aliphatic rings. The summed E-state index contributed by atoms with van der Waals surface area (Å²) < 4.78 is 12.3.